The van der Waals surface area contributed by atoms with Crippen LogP contribution in [-0.2, 0) is 0 Å². The van der Waals surface area contributed by atoms with Gasteiger partial charge >= 0.3 is 0 Å². The van der Waals surface area contributed by atoms with Crippen LogP contribution < -0.4 is 4.74 Å². The molecular weight excluding hydrogens is 162 g/mol. The number of hydrogen-bond donors (Lipinski definition) is 0. The Labute approximate surface area is 77.8 Å². The molecule has 1 aromatic carbocycles. The van der Waals surface area contributed by atoms with Gasteiger partial charge in [0.2, 0.25) is 0 Å². The Hall–Kier alpha value is -1.49. The Morgan fingerprint density at radius 1 is 1.46 bits per heavy atom. The lowest BCUT2D eigenvalue weighted by atomic mass is 10.1. The average Bonchev–Trinajstić information content (AvgIpc) is 3.00. The second kappa shape index (κ2) is 3.10. The molecule has 0 spiro atoms. The van der Waals surface area contributed by atoms with Crippen molar-refractivity contribution in [3.05, 3.63) is 29.3 Å². The van der Waals surface area contributed by atoms with Crippen molar-refractivity contribution in [1.29, 1.82) is 5.26 Å². The highest BCUT2D eigenvalue weighted by molar-refractivity contribution is 5.46. The minimum absolute atomic E-state index is 0.645. The number of benzene rings is 1. The number of nitriles is 1. The summed E-state index contributed by atoms with van der Waals surface area (Å²) in [7, 11) is 1.59. The molecule has 1 saturated carbocycles. The molecule has 2 heteroatoms. The van der Waals surface area contributed by atoms with Gasteiger partial charge in [0.25, 0.3) is 0 Å². The van der Waals surface area contributed by atoms with Crippen LogP contribution in [0, 0.1) is 11.3 Å². The zero-order chi connectivity index (χ0) is 9.26. The molecule has 0 amide bonds. The summed E-state index contributed by atoms with van der Waals surface area (Å²) in [5, 5.41) is 8.85. The molecule has 1 fully saturated rings. The molecule has 0 unspecified atom stereocenters. The van der Waals surface area contributed by atoms with Crippen molar-refractivity contribution in [3.63, 3.8) is 0 Å². The first kappa shape index (κ1) is 8.12. The van der Waals surface area contributed by atoms with Gasteiger partial charge in [-0.3, -0.25) is 0 Å². The van der Waals surface area contributed by atoms with E-state index in [4.69, 9.17) is 10.00 Å². The van der Waals surface area contributed by atoms with Crippen molar-refractivity contribution in [2.75, 3.05) is 7.11 Å². The maximum atomic E-state index is 8.85. The molecule has 0 heterocycles. The second-order valence-electron chi connectivity index (χ2n) is 3.35. The van der Waals surface area contributed by atoms with E-state index in [-0.39, 0.29) is 0 Å². The lowest BCUT2D eigenvalue weighted by Crippen LogP contribution is -1.89. The van der Waals surface area contributed by atoms with Crippen LogP contribution in [0.1, 0.15) is 29.9 Å². The summed E-state index contributed by atoms with van der Waals surface area (Å²) < 4.78 is 5.07. The van der Waals surface area contributed by atoms with E-state index >= 15 is 0 Å². The molecule has 2 nitrogen and oxygen atoms in total. The summed E-state index contributed by atoms with van der Waals surface area (Å²) in [6, 6.07) is 8.02. The van der Waals surface area contributed by atoms with Crippen molar-refractivity contribution in [2.45, 2.75) is 18.8 Å². The topological polar surface area (TPSA) is 33.0 Å². The van der Waals surface area contributed by atoms with Crippen LogP contribution in [0.25, 0.3) is 0 Å². The van der Waals surface area contributed by atoms with Gasteiger partial charge in [-0.2, -0.15) is 5.26 Å². The van der Waals surface area contributed by atoms with Crippen LogP contribution in [0.2, 0.25) is 0 Å². The van der Waals surface area contributed by atoms with E-state index in [1.54, 1.807) is 7.11 Å². The predicted molar refractivity (Wildman–Crippen MR) is 49.7 cm³/mol. The van der Waals surface area contributed by atoms with Gasteiger partial charge in [-0.1, -0.05) is 6.07 Å². The largest absolute Gasteiger partial charge is 0.495 e. The quantitative estimate of drug-likeness (QED) is 0.688. The molecular formula is C11H11NO. The minimum atomic E-state index is 0.645. The van der Waals surface area contributed by atoms with Gasteiger partial charge in [0.15, 0.2) is 0 Å². The van der Waals surface area contributed by atoms with E-state index in [1.165, 1.54) is 18.4 Å². The average molecular weight is 173 g/mol. The van der Waals surface area contributed by atoms with Gasteiger partial charge in [0.05, 0.1) is 12.7 Å². The number of nitrogens with zero attached hydrogens (tertiary/aromatic N) is 1. The van der Waals surface area contributed by atoms with Gasteiger partial charge in [-0.15, -0.1) is 0 Å². The zero-order valence-electron chi connectivity index (χ0n) is 7.58. The fourth-order valence-corrected chi connectivity index (χ4v) is 1.48. The first-order chi connectivity index (χ1) is 6.35. The van der Waals surface area contributed by atoms with Gasteiger partial charge in [0.1, 0.15) is 11.8 Å². The number of ether oxygens (including phenoxy) is 1. The normalized spacial score (nSPS) is 15.1. The van der Waals surface area contributed by atoms with E-state index in [0.29, 0.717) is 17.2 Å². The second-order valence-corrected chi connectivity index (χ2v) is 3.35. The summed E-state index contributed by atoms with van der Waals surface area (Å²) in [6.45, 7) is 0. The fourth-order valence-electron chi connectivity index (χ4n) is 1.48. The summed E-state index contributed by atoms with van der Waals surface area (Å²) in [5.74, 6) is 1.37. The van der Waals surface area contributed by atoms with Crippen LogP contribution in [-0.4, -0.2) is 7.11 Å². The lowest BCUT2D eigenvalue weighted by molar-refractivity contribution is 0.413. The molecule has 2 rings (SSSR count). The van der Waals surface area contributed by atoms with Crippen molar-refractivity contribution in [3.8, 4) is 11.8 Å². The first-order valence-electron chi connectivity index (χ1n) is 4.43. The number of rotatable bonds is 2. The molecule has 0 radical (unpaired) electrons. The maximum Gasteiger partial charge on any atom is 0.136 e. The van der Waals surface area contributed by atoms with Crippen molar-refractivity contribution < 1.29 is 4.74 Å². The van der Waals surface area contributed by atoms with E-state index in [2.05, 4.69) is 12.1 Å². The van der Waals surface area contributed by atoms with Crippen molar-refractivity contribution >= 4 is 0 Å². The van der Waals surface area contributed by atoms with Gasteiger partial charge in [0, 0.05) is 0 Å². The van der Waals surface area contributed by atoms with Gasteiger partial charge in [-0.05, 0) is 36.5 Å². The van der Waals surface area contributed by atoms with Crippen molar-refractivity contribution in [1.82, 2.24) is 0 Å². The molecule has 1 aromatic rings. The molecule has 1 aliphatic rings. The monoisotopic (exact) mass is 173 g/mol. The van der Waals surface area contributed by atoms with E-state index < -0.39 is 0 Å². The zero-order valence-corrected chi connectivity index (χ0v) is 7.58. The van der Waals surface area contributed by atoms with Gasteiger partial charge in [-0.25, -0.2) is 0 Å². The first-order valence-corrected chi connectivity index (χ1v) is 4.43. The Bertz CT molecular complexity index is 361. The third-order valence-corrected chi connectivity index (χ3v) is 2.39. The highest BCUT2D eigenvalue weighted by Crippen LogP contribution is 2.41. The predicted octanol–water partition coefficient (Wildman–Crippen LogP) is 2.44. The lowest BCUT2D eigenvalue weighted by Gasteiger charge is -2.04. The summed E-state index contributed by atoms with van der Waals surface area (Å²) >= 11 is 0. The van der Waals surface area contributed by atoms with Crippen LogP contribution in [0.3, 0.4) is 0 Å². The molecule has 66 valence electrons. The van der Waals surface area contributed by atoms with Crippen molar-refractivity contribution in [2.24, 2.45) is 0 Å². The molecule has 0 atom stereocenters. The molecule has 0 aromatic heterocycles. The highest BCUT2D eigenvalue weighted by Gasteiger charge is 2.24. The standard InChI is InChI=1S/C11H11NO/c1-13-11-5-4-9(8-2-3-8)6-10(11)7-12/h4-6,8H,2-3H2,1H3. The summed E-state index contributed by atoms with van der Waals surface area (Å²) in [5.41, 5.74) is 1.92. The molecule has 1 aliphatic carbocycles. The van der Waals surface area contributed by atoms with Crippen LogP contribution >= 0.6 is 0 Å². The van der Waals surface area contributed by atoms with E-state index in [9.17, 15) is 0 Å². The molecule has 0 N–H and O–H groups in total. The van der Waals surface area contributed by atoms with Crippen LogP contribution in [0.15, 0.2) is 18.2 Å². The van der Waals surface area contributed by atoms with Crippen LogP contribution in [0.5, 0.6) is 5.75 Å². The summed E-state index contributed by atoms with van der Waals surface area (Å²) in [6.07, 6.45) is 2.52. The number of hydrogen-bond acceptors (Lipinski definition) is 2. The molecule has 0 bridgehead atoms. The SMILES string of the molecule is COc1ccc(C2CC2)cc1C#N. The summed E-state index contributed by atoms with van der Waals surface area (Å²) in [4.78, 5) is 0. The van der Waals surface area contributed by atoms with E-state index in [0.717, 1.165) is 0 Å². The minimum Gasteiger partial charge on any atom is -0.495 e. The Morgan fingerprint density at radius 2 is 2.23 bits per heavy atom. The van der Waals surface area contributed by atoms with Crippen LogP contribution in [0.4, 0.5) is 0 Å². The third-order valence-electron chi connectivity index (χ3n) is 2.39. The molecule has 13 heavy (non-hydrogen) atoms. The third kappa shape index (κ3) is 1.50. The number of methoxy groups -OCH3 is 1. The Morgan fingerprint density at radius 3 is 2.77 bits per heavy atom. The molecule has 0 saturated heterocycles. The smallest absolute Gasteiger partial charge is 0.136 e. The maximum absolute atomic E-state index is 8.85. The Kier molecular flexibility index (Phi) is 1.94. The Balaban J connectivity index is 2.38. The van der Waals surface area contributed by atoms with Gasteiger partial charge < -0.3 is 4.74 Å². The molecule has 0 aliphatic heterocycles. The van der Waals surface area contributed by atoms with E-state index in [1.807, 2.05) is 12.1 Å². The highest BCUT2D eigenvalue weighted by atomic mass is 16.5. The fraction of sp³-hybridized carbons (Fsp3) is 0.364.